The van der Waals surface area contributed by atoms with E-state index >= 15 is 0 Å². The maximum atomic E-state index is 13.9. The molecule has 0 aliphatic carbocycles. The second-order valence-corrected chi connectivity index (χ2v) is 6.71. The van der Waals surface area contributed by atoms with Crippen LogP contribution in [0.15, 0.2) is 18.2 Å². The van der Waals surface area contributed by atoms with Gasteiger partial charge in [-0.15, -0.1) is 10.2 Å². The van der Waals surface area contributed by atoms with Gasteiger partial charge in [-0.1, -0.05) is 17.4 Å². The number of aromatic nitrogens is 2. The number of hydrogen-bond donors (Lipinski definition) is 0. The Bertz CT molecular complexity index is 662. The largest absolute Gasteiger partial charge is 0.342 e. The molecule has 4 nitrogen and oxygen atoms in total. The van der Waals surface area contributed by atoms with Crippen molar-refractivity contribution in [3.63, 3.8) is 0 Å². The summed E-state index contributed by atoms with van der Waals surface area (Å²) in [4.78, 5) is 4.71. The number of rotatable bonds is 2. The highest BCUT2D eigenvalue weighted by Crippen LogP contribution is 2.34. The van der Waals surface area contributed by atoms with Gasteiger partial charge in [0.05, 0.1) is 5.56 Å². The molecule has 0 amide bonds. The number of anilines is 1. The van der Waals surface area contributed by atoms with Gasteiger partial charge >= 0.3 is 0 Å². The quantitative estimate of drug-likeness (QED) is 0.851. The SMILES string of the molecule is Fc1cccc(F)c1-c1nnc(N2CCN3CCC2CC3)s1. The molecule has 0 spiro atoms. The number of fused-ring (bicyclic) bond motifs is 4. The molecule has 0 N–H and O–H groups in total. The zero-order valence-corrected chi connectivity index (χ0v) is 12.8. The Kier molecular flexibility index (Phi) is 3.54. The van der Waals surface area contributed by atoms with Crippen molar-refractivity contribution in [1.29, 1.82) is 0 Å². The summed E-state index contributed by atoms with van der Waals surface area (Å²) in [5.41, 5.74) is -0.0749. The fourth-order valence-corrected chi connectivity index (χ4v) is 4.26. The third-order valence-corrected chi connectivity index (χ3v) is 5.47. The minimum absolute atomic E-state index is 0.0749. The molecule has 116 valence electrons. The molecule has 1 aromatic carbocycles. The van der Waals surface area contributed by atoms with Crippen molar-refractivity contribution < 1.29 is 8.78 Å². The standard InChI is InChI=1S/C15H16F2N4S/c16-11-2-1-3-12(17)13(11)14-18-19-15(22-14)21-9-8-20-6-4-10(21)5-7-20/h1-3,10H,4-9H2. The normalized spacial score (nSPS) is 24.5. The van der Waals surface area contributed by atoms with E-state index in [0.717, 1.165) is 44.2 Å². The first-order chi connectivity index (χ1) is 10.7. The Hall–Kier alpha value is -1.60. The summed E-state index contributed by atoms with van der Waals surface area (Å²) in [6, 6.07) is 4.32. The van der Waals surface area contributed by atoms with Gasteiger partial charge in [-0.3, -0.25) is 0 Å². The molecule has 3 aliphatic rings. The van der Waals surface area contributed by atoms with Gasteiger partial charge in [-0.05, 0) is 25.0 Å². The van der Waals surface area contributed by atoms with Gasteiger partial charge in [-0.25, -0.2) is 8.78 Å². The smallest absolute Gasteiger partial charge is 0.208 e. The van der Waals surface area contributed by atoms with E-state index < -0.39 is 11.6 Å². The molecule has 3 fully saturated rings. The van der Waals surface area contributed by atoms with Gasteiger partial charge in [-0.2, -0.15) is 0 Å². The molecule has 0 saturated carbocycles. The highest BCUT2D eigenvalue weighted by molar-refractivity contribution is 7.18. The molecule has 2 bridgehead atoms. The van der Waals surface area contributed by atoms with Gasteiger partial charge in [0, 0.05) is 32.2 Å². The summed E-state index contributed by atoms with van der Waals surface area (Å²) >= 11 is 1.27. The Balaban J connectivity index is 1.67. The Morgan fingerprint density at radius 2 is 1.73 bits per heavy atom. The third kappa shape index (κ3) is 2.38. The molecular weight excluding hydrogens is 306 g/mol. The molecule has 0 atom stereocenters. The van der Waals surface area contributed by atoms with Crippen LogP contribution < -0.4 is 4.90 Å². The van der Waals surface area contributed by atoms with Crippen LogP contribution in [-0.2, 0) is 0 Å². The first kappa shape index (κ1) is 14.0. The maximum Gasteiger partial charge on any atom is 0.208 e. The zero-order chi connectivity index (χ0) is 15.1. The average molecular weight is 322 g/mol. The first-order valence-electron chi connectivity index (χ1n) is 7.49. The molecule has 3 aliphatic heterocycles. The lowest BCUT2D eigenvalue weighted by molar-refractivity contribution is 0.250. The topological polar surface area (TPSA) is 32.3 Å². The lowest BCUT2D eigenvalue weighted by Gasteiger charge is -2.30. The highest BCUT2D eigenvalue weighted by Gasteiger charge is 2.31. The van der Waals surface area contributed by atoms with Gasteiger partial charge in [0.15, 0.2) is 5.01 Å². The van der Waals surface area contributed by atoms with Crippen LogP contribution in [0.4, 0.5) is 13.9 Å². The second kappa shape index (κ2) is 5.55. The summed E-state index contributed by atoms with van der Waals surface area (Å²) < 4.78 is 27.8. The Labute approximate surface area is 131 Å². The van der Waals surface area contributed by atoms with E-state index in [1.165, 1.54) is 29.5 Å². The monoisotopic (exact) mass is 322 g/mol. The molecule has 2 aromatic rings. The summed E-state index contributed by atoms with van der Waals surface area (Å²) in [6.45, 7) is 4.15. The maximum absolute atomic E-state index is 13.9. The summed E-state index contributed by atoms with van der Waals surface area (Å²) in [5.74, 6) is -1.18. The third-order valence-electron chi connectivity index (χ3n) is 4.49. The van der Waals surface area contributed by atoms with Gasteiger partial charge in [0.1, 0.15) is 11.6 Å². The highest BCUT2D eigenvalue weighted by atomic mass is 32.1. The van der Waals surface area contributed by atoms with Crippen molar-refractivity contribution >= 4 is 16.5 Å². The van der Waals surface area contributed by atoms with Crippen molar-refractivity contribution in [3.8, 4) is 10.6 Å². The Morgan fingerprint density at radius 1 is 1.00 bits per heavy atom. The van der Waals surface area contributed by atoms with Gasteiger partial charge in [0.2, 0.25) is 5.13 Å². The zero-order valence-electron chi connectivity index (χ0n) is 12.0. The summed E-state index contributed by atoms with van der Waals surface area (Å²) in [7, 11) is 0. The molecular formula is C15H16F2N4S. The van der Waals surface area contributed by atoms with E-state index in [9.17, 15) is 8.78 Å². The van der Waals surface area contributed by atoms with Crippen LogP contribution >= 0.6 is 11.3 Å². The van der Waals surface area contributed by atoms with Gasteiger partial charge in [0.25, 0.3) is 0 Å². The number of hydrogen-bond acceptors (Lipinski definition) is 5. The molecule has 3 saturated heterocycles. The van der Waals surface area contributed by atoms with E-state index in [-0.39, 0.29) is 5.56 Å². The van der Waals surface area contributed by atoms with Crippen LogP contribution in [0.5, 0.6) is 0 Å². The van der Waals surface area contributed by atoms with Crippen molar-refractivity contribution in [2.24, 2.45) is 0 Å². The minimum atomic E-state index is -0.592. The molecule has 0 radical (unpaired) electrons. The fraction of sp³-hybridized carbons (Fsp3) is 0.467. The molecule has 7 heteroatoms. The number of halogens is 2. The predicted octanol–water partition coefficient (Wildman–Crippen LogP) is 2.77. The Morgan fingerprint density at radius 3 is 2.45 bits per heavy atom. The molecule has 4 heterocycles. The number of piperidine rings is 1. The average Bonchev–Trinajstić information content (AvgIpc) is 2.79. The van der Waals surface area contributed by atoms with E-state index in [4.69, 9.17) is 0 Å². The number of nitrogens with zero attached hydrogens (tertiary/aromatic N) is 4. The number of benzene rings is 1. The van der Waals surface area contributed by atoms with Crippen LogP contribution in [0.1, 0.15) is 12.8 Å². The van der Waals surface area contributed by atoms with E-state index in [1.54, 1.807) is 0 Å². The van der Waals surface area contributed by atoms with Crippen LogP contribution in [0.25, 0.3) is 10.6 Å². The molecule has 0 unspecified atom stereocenters. The second-order valence-electron chi connectivity index (χ2n) is 5.75. The minimum Gasteiger partial charge on any atom is -0.342 e. The van der Waals surface area contributed by atoms with E-state index in [0.29, 0.717) is 11.0 Å². The van der Waals surface area contributed by atoms with E-state index in [1.807, 2.05) is 0 Å². The van der Waals surface area contributed by atoms with Crippen molar-refractivity contribution in [1.82, 2.24) is 15.1 Å². The molecule has 22 heavy (non-hydrogen) atoms. The fourth-order valence-electron chi connectivity index (χ4n) is 3.27. The first-order valence-corrected chi connectivity index (χ1v) is 8.31. The summed E-state index contributed by atoms with van der Waals surface area (Å²) in [6.07, 6.45) is 2.23. The van der Waals surface area contributed by atoms with Gasteiger partial charge < -0.3 is 9.80 Å². The van der Waals surface area contributed by atoms with Crippen LogP contribution in [0.2, 0.25) is 0 Å². The van der Waals surface area contributed by atoms with Crippen molar-refractivity contribution in [2.75, 3.05) is 31.1 Å². The van der Waals surface area contributed by atoms with Crippen LogP contribution in [-0.4, -0.2) is 47.3 Å². The predicted molar refractivity (Wildman–Crippen MR) is 82.1 cm³/mol. The van der Waals surface area contributed by atoms with Crippen LogP contribution in [0.3, 0.4) is 0 Å². The molecule has 1 aromatic heterocycles. The van der Waals surface area contributed by atoms with Crippen LogP contribution in [0, 0.1) is 11.6 Å². The van der Waals surface area contributed by atoms with Crippen molar-refractivity contribution in [3.05, 3.63) is 29.8 Å². The van der Waals surface area contributed by atoms with E-state index in [2.05, 4.69) is 20.0 Å². The van der Waals surface area contributed by atoms with Crippen molar-refractivity contribution in [2.45, 2.75) is 18.9 Å². The molecule has 5 rings (SSSR count). The summed E-state index contributed by atoms with van der Waals surface area (Å²) in [5, 5.41) is 9.31. The lowest BCUT2D eigenvalue weighted by Crippen LogP contribution is -2.37. The lowest BCUT2D eigenvalue weighted by atomic mass is 10.1.